The summed E-state index contributed by atoms with van der Waals surface area (Å²) >= 11 is 0. The highest BCUT2D eigenvalue weighted by Crippen LogP contribution is 2.35. The molecule has 0 saturated heterocycles. The molecule has 0 heterocycles. The molecule has 0 bridgehead atoms. The zero-order valence-corrected chi connectivity index (χ0v) is 18.3. The Labute approximate surface area is 164 Å². The van der Waals surface area contributed by atoms with Gasteiger partial charge < -0.3 is 9.47 Å². The van der Waals surface area contributed by atoms with Crippen LogP contribution in [0.15, 0.2) is 24.3 Å². The van der Waals surface area contributed by atoms with Crippen LogP contribution in [0.1, 0.15) is 78.9 Å². The van der Waals surface area contributed by atoms with Gasteiger partial charge in [-0.05, 0) is 58.4 Å². The lowest BCUT2D eigenvalue weighted by molar-refractivity contribution is -0.162. The molecule has 0 aliphatic carbocycles. The van der Waals surface area contributed by atoms with Gasteiger partial charge in [-0.3, -0.25) is 9.59 Å². The molecule has 4 nitrogen and oxygen atoms in total. The molecule has 0 aliphatic heterocycles. The number of hydrogen-bond acceptors (Lipinski definition) is 4. The molecular formula is C23H36O4. The van der Waals surface area contributed by atoms with Crippen molar-refractivity contribution in [3.63, 3.8) is 0 Å². The van der Waals surface area contributed by atoms with Gasteiger partial charge in [0.2, 0.25) is 0 Å². The summed E-state index contributed by atoms with van der Waals surface area (Å²) in [4.78, 5) is 24.2. The number of aryl methyl sites for hydroxylation is 1. The van der Waals surface area contributed by atoms with E-state index in [2.05, 4.69) is 19.9 Å². The first-order chi connectivity index (χ1) is 12.3. The van der Waals surface area contributed by atoms with Crippen molar-refractivity contribution in [2.75, 3.05) is 6.61 Å². The number of benzene rings is 1. The molecule has 1 atom stereocenters. The third kappa shape index (κ3) is 7.74. The highest BCUT2D eigenvalue weighted by Gasteiger charge is 2.39. The Bertz CT molecular complexity index is 655. The van der Waals surface area contributed by atoms with E-state index in [1.807, 2.05) is 52.8 Å². The van der Waals surface area contributed by atoms with Crippen LogP contribution in [0, 0.1) is 12.3 Å². The maximum Gasteiger partial charge on any atom is 0.316 e. The monoisotopic (exact) mass is 376 g/mol. The quantitative estimate of drug-likeness (QED) is 0.574. The fraction of sp³-hybridized carbons (Fsp3) is 0.652. The lowest BCUT2D eigenvalue weighted by Crippen LogP contribution is -2.39. The van der Waals surface area contributed by atoms with Crippen molar-refractivity contribution >= 4 is 11.9 Å². The Kier molecular flexibility index (Phi) is 7.65. The average Bonchev–Trinajstić information content (AvgIpc) is 2.51. The standard InChI is InChI=1S/C23H36O4/c1-17-11-9-12-19(15-17)23(8,20(25)27-21(3,4)5)14-10-13-22(6,7)16-26-18(2)24/h9,11-12,15H,10,13-14,16H2,1-8H3. The fourth-order valence-corrected chi connectivity index (χ4v) is 3.03. The molecule has 152 valence electrons. The summed E-state index contributed by atoms with van der Waals surface area (Å²) in [5.74, 6) is -0.458. The lowest BCUT2D eigenvalue weighted by atomic mass is 9.75. The van der Waals surface area contributed by atoms with Gasteiger partial charge in [0.1, 0.15) is 5.60 Å². The van der Waals surface area contributed by atoms with E-state index in [1.165, 1.54) is 6.92 Å². The fourth-order valence-electron chi connectivity index (χ4n) is 3.03. The van der Waals surface area contributed by atoms with E-state index in [-0.39, 0.29) is 17.4 Å². The predicted molar refractivity (Wildman–Crippen MR) is 109 cm³/mol. The molecule has 0 aliphatic rings. The van der Waals surface area contributed by atoms with Crippen LogP contribution in [-0.2, 0) is 24.5 Å². The second-order valence-corrected chi connectivity index (χ2v) is 9.50. The van der Waals surface area contributed by atoms with E-state index in [4.69, 9.17) is 9.47 Å². The van der Waals surface area contributed by atoms with Crippen LogP contribution >= 0.6 is 0 Å². The topological polar surface area (TPSA) is 52.6 Å². The molecule has 0 N–H and O–H groups in total. The summed E-state index contributed by atoms with van der Waals surface area (Å²) in [6.07, 6.45) is 2.36. The van der Waals surface area contributed by atoms with E-state index in [0.717, 1.165) is 24.0 Å². The smallest absolute Gasteiger partial charge is 0.316 e. The van der Waals surface area contributed by atoms with Crippen molar-refractivity contribution in [3.8, 4) is 0 Å². The summed E-state index contributed by atoms with van der Waals surface area (Å²) in [6, 6.07) is 8.08. The molecule has 0 aromatic heterocycles. The molecule has 1 aromatic carbocycles. The number of rotatable bonds is 8. The molecular weight excluding hydrogens is 340 g/mol. The van der Waals surface area contributed by atoms with Crippen molar-refractivity contribution in [2.45, 2.75) is 85.7 Å². The average molecular weight is 377 g/mol. The predicted octanol–water partition coefficient (Wildman–Crippen LogP) is 5.35. The summed E-state index contributed by atoms with van der Waals surface area (Å²) in [7, 11) is 0. The molecule has 1 aromatic rings. The first-order valence-electron chi connectivity index (χ1n) is 9.69. The largest absolute Gasteiger partial charge is 0.465 e. The Morgan fingerprint density at radius 3 is 2.15 bits per heavy atom. The summed E-state index contributed by atoms with van der Waals surface area (Å²) < 4.78 is 10.9. The van der Waals surface area contributed by atoms with Crippen LogP contribution in [0.5, 0.6) is 0 Å². The molecule has 0 radical (unpaired) electrons. The van der Waals surface area contributed by atoms with Gasteiger partial charge in [0.05, 0.1) is 12.0 Å². The molecule has 0 saturated carbocycles. The highest BCUT2D eigenvalue weighted by molar-refractivity contribution is 5.83. The second-order valence-electron chi connectivity index (χ2n) is 9.50. The third-order valence-corrected chi connectivity index (χ3v) is 4.70. The van der Waals surface area contributed by atoms with Crippen molar-refractivity contribution in [3.05, 3.63) is 35.4 Å². The van der Waals surface area contributed by atoms with Crippen LogP contribution in [0.25, 0.3) is 0 Å². The first-order valence-corrected chi connectivity index (χ1v) is 9.69. The van der Waals surface area contributed by atoms with Crippen LogP contribution in [0.4, 0.5) is 0 Å². The number of esters is 2. The minimum Gasteiger partial charge on any atom is -0.465 e. The van der Waals surface area contributed by atoms with Crippen LogP contribution in [0.3, 0.4) is 0 Å². The van der Waals surface area contributed by atoms with Crippen molar-refractivity contribution in [1.82, 2.24) is 0 Å². The van der Waals surface area contributed by atoms with Crippen LogP contribution in [0.2, 0.25) is 0 Å². The minimum absolute atomic E-state index is 0.132. The zero-order chi connectivity index (χ0) is 20.9. The van der Waals surface area contributed by atoms with Gasteiger partial charge in [-0.1, -0.05) is 50.1 Å². The molecule has 0 spiro atoms. The van der Waals surface area contributed by atoms with E-state index in [9.17, 15) is 9.59 Å². The van der Waals surface area contributed by atoms with Crippen molar-refractivity contribution < 1.29 is 19.1 Å². The molecule has 1 unspecified atom stereocenters. The minimum atomic E-state index is -0.711. The summed E-state index contributed by atoms with van der Waals surface area (Å²) in [5, 5.41) is 0. The SMILES string of the molecule is CC(=O)OCC(C)(C)CCCC(C)(C(=O)OC(C)(C)C)c1cccc(C)c1. The molecule has 4 heteroatoms. The van der Waals surface area contributed by atoms with E-state index < -0.39 is 11.0 Å². The Morgan fingerprint density at radius 1 is 1.00 bits per heavy atom. The third-order valence-electron chi connectivity index (χ3n) is 4.70. The van der Waals surface area contributed by atoms with Crippen molar-refractivity contribution in [2.24, 2.45) is 5.41 Å². The summed E-state index contributed by atoms with van der Waals surface area (Å²) in [5.41, 5.74) is 0.729. The highest BCUT2D eigenvalue weighted by atomic mass is 16.6. The normalized spacial score (nSPS) is 14.4. The maximum absolute atomic E-state index is 13.1. The van der Waals surface area contributed by atoms with Gasteiger partial charge in [-0.25, -0.2) is 0 Å². The van der Waals surface area contributed by atoms with Gasteiger partial charge in [0, 0.05) is 6.92 Å². The van der Waals surface area contributed by atoms with E-state index >= 15 is 0 Å². The second kappa shape index (κ2) is 8.90. The Balaban J connectivity index is 2.96. The molecule has 0 amide bonds. The number of carbonyl (C=O) groups excluding carboxylic acids is 2. The number of carbonyl (C=O) groups is 2. The maximum atomic E-state index is 13.1. The van der Waals surface area contributed by atoms with E-state index in [0.29, 0.717) is 13.0 Å². The van der Waals surface area contributed by atoms with Gasteiger partial charge in [-0.15, -0.1) is 0 Å². The van der Waals surface area contributed by atoms with Gasteiger partial charge in [0.15, 0.2) is 0 Å². The van der Waals surface area contributed by atoms with Crippen LogP contribution < -0.4 is 0 Å². The Morgan fingerprint density at radius 2 is 1.63 bits per heavy atom. The summed E-state index contributed by atoms with van der Waals surface area (Å²) in [6.45, 7) is 15.6. The molecule has 0 fully saturated rings. The number of hydrogen-bond donors (Lipinski definition) is 0. The molecule has 27 heavy (non-hydrogen) atoms. The van der Waals surface area contributed by atoms with Gasteiger partial charge >= 0.3 is 11.9 Å². The lowest BCUT2D eigenvalue weighted by Gasteiger charge is -2.33. The van der Waals surface area contributed by atoms with Gasteiger partial charge in [-0.2, -0.15) is 0 Å². The number of ether oxygens (including phenoxy) is 2. The Hall–Kier alpha value is -1.84. The van der Waals surface area contributed by atoms with Crippen LogP contribution in [-0.4, -0.2) is 24.1 Å². The van der Waals surface area contributed by atoms with Crippen molar-refractivity contribution in [1.29, 1.82) is 0 Å². The first kappa shape index (κ1) is 23.2. The molecule has 1 rings (SSSR count). The van der Waals surface area contributed by atoms with E-state index in [1.54, 1.807) is 0 Å². The zero-order valence-electron chi connectivity index (χ0n) is 18.3. The van der Waals surface area contributed by atoms with Gasteiger partial charge in [0.25, 0.3) is 0 Å².